The first-order valence-electron chi connectivity index (χ1n) is 10.1. The second kappa shape index (κ2) is 8.47. The van der Waals surface area contributed by atoms with Gasteiger partial charge in [-0.15, -0.1) is 11.3 Å². The molecule has 1 atom stereocenters. The number of aromatic nitrogens is 1. The van der Waals surface area contributed by atoms with Crippen LogP contribution in [0, 0.1) is 13.8 Å². The summed E-state index contributed by atoms with van der Waals surface area (Å²) in [6, 6.07) is 17.3. The van der Waals surface area contributed by atoms with E-state index in [1.807, 2.05) is 31.2 Å². The normalized spacial score (nSPS) is 16.9. The third-order valence-electron chi connectivity index (χ3n) is 5.49. The second-order valence-corrected chi connectivity index (χ2v) is 8.69. The highest BCUT2D eigenvalue weighted by Gasteiger charge is 2.27. The summed E-state index contributed by atoms with van der Waals surface area (Å²) in [4.78, 5) is 21.4. The lowest BCUT2D eigenvalue weighted by molar-refractivity contribution is -0.115. The SMILES string of the molecule is CC(=O)N(c1ccc(C)cc1)c1nc(CN2CCCC2c2cccc(C)c2)cs1. The van der Waals surface area contributed by atoms with E-state index < -0.39 is 0 Å². The highest BCUT2D eigenvalue weighted by atomic mass is 32.1. The molecule has 0 radical (unpaired) electrons. The van der Waals surface area contributed by atoms with Crippen LogP contribution >= 0.6 is 11.3 Å². The maximum absolute atomic E-state index is 12.3. The fraction of sp³-hybridized carbons (Fsp3) is 0.333. The topological polar surface area (TPSA) is 36.4 Å². The van der Waals surface area contributed by atoms with Crippen LogP contribution in [0.3, 0.4) is 0 Å². The van der Waals surface area contributed by atoms with Crippen molar-refractivity contribution in [2.45, 2.75) is 46.2 Å². The molecule has 4 nitrogen and oxygen atoms in total. The summed E-state index contributed by atoms with van der Waals surface area (Å²) in [5.74, 6) is -0.0198. The smallest absolute Gasteiger partial charge is 0.230 e. The molecule has 5 heteroatoms. The standard InChI is InChI=1S/C24H27N3OS/c1-17-9-11-22(12-10-17)27(19(3)28)24-25-21(16-29-24)15-26-13-5-8-23(26)20-7-4-6-18(2)14-20/h4,6-7,9-12,14,16,23H,5,8,13,15H2,1-3H3. The van der Waals surface area contributed by atoms with Crippen molar-refractivity contribution in [2.75, 3.05) is 11.4 Å². The Balaban J connectivity index is 1.53. The van der Waals surface area contributed by atoms with Gasteiger partial charge in [0.25, 0.3) is 0 Å². The summed E-state index contributed by atoms with van der Waals surface area (Å²) in [6.07, 6.45) is 2.39. The van der Waals surface area contributed by atoms with Crippen LogP contribution in [0.4, 0.5) is 10.8 Å². The Bertz CT molecular complexity index is 995. The van der Waals surface area contributed by atoms with Crippen molar-refractivity contribution in [3.05, 3.63) is 76.3 Å². The molecule has 2 heterocycles. The van der Waals surface area contributed by atoms with Gasteiger partial charge in [-0.25, -0.2) is 4.98 Å². The summed E-state index contributed by atoms with van der Waals surface area (Å²) in [5, 5.41) is 2.83. The summed E-state index contributed by atoms with van der Waals surface area (Å²) in [5.41, 5.74) is 5.77. The lowest BCUT2D eigenvalue weighted by atomic mass is 10.0. The lowest BCUT2D eigenvalue weighted by Gasteiger charge is -2.24. The molecular formula is C24H27N3OS. The lowest BCUT2D eigenvalue weighted by Crippen LogP contribution is -2.24. The van der Waals surface area contributed by atoms with E-state index in [9.17, 15) is 4.79 Å². The van der Waals surface area contributed by atoms with Crippen molar-refractivity contribution < 1.29 is 4.79 Å². The van der Waals surface area contributed by atoms with Crippen LogP contribution < -0.4 is 4.90 Å². The monoisotopic (exact) mass is 405 g/mol. The molecule has 1 unspecified atom stereocenters. The van der Waals surface area contributed by atoms with Gasteiger partial charge >= 0.3 is 0 Å². The van der Waals surface area contributed by atoms with Crippen molar-refractivity contribution in [2.24, 2.45) is 0 Å². The number of carbonyl (C=O) groups is 1. The number of aryl methyl sites for hydroxylation is 2. The number of carbonyl (C=O) groups excluding carboxylic acids is 1. The quantitative estimate of drug-likeness (QED) is 0.540. The molecule has 1 saturated heterocycles. The predicted molar refractivity (Wildman–Crippen MR) is 120 cm³/mol. The molecule has 0 saturated carbocycles. The van der Waals surface area contributed by atoms with E-state index in [1.165, 1.54) is 40.9 Å². The Morgan fingerprint density at radius 3 is 2.69 bits per heavy atom. The van der Waals surface area contributed by atoms with Gasteiger partial charge in [0.05, 0.1) is 11.4 Å². The van der Waals surface area contributed by atoms with Crippen molar-refractivity contribution in [3.63, 3.8) is 0 Å². The third-order valence-corrected chi connectivity index (χ3v) is 6.37. The van der Waals surface area contributed by atoms with Crippen LogP contribution in [0.15, 0.2) is 53.9 Å². The Morgan fingerprint density at radius 1 is 1.17 bits per heavy atom. The van der Waals surface area contributed by atoms with Crippen molar-refractivity contribution in [3.8, 4) is 0 Å². The fourth-order valence-electron chi connectivity index (χ4n) is 4.07. The molecule has 2 aromatic carbocycles. The number of amides is 1. The third kappa shape index (κ3) is 4.41. The average molecular weight is 406 g/mol. The van der Waals surface area contributed by atoms with Gasteiger partial charge in [0, 0.05) is 24.9 Å². The molecule has 1 aliphatic heterocycles. The molecular weight excluding hydrogens is 378 g/mol. The van der Waals surface area contributed by atoms with E-state index in [2.05, 4.69) is 41.5 Å². The molecule has 0 aliphatic carbocycles. The molecule has 150 valence electrons. The molecule has 0 N–H and O–H groups in total. The van der Waals surface area contributed by atoms with Crippen LogP contribution in [-0.2, 0) is 11.3 Å². The van der Waals surface area contributed by atoms with E-state index in [4.69, 9.17) is 4.98 Å². The van der Waals surface area contributed by atoms with Crippen LogP contribution in [0.1, 0.15) is 48.2 Å². The zero-order valence-electron chi connectivity index (χ0n) is 17.3. The molecule has 29 heavy (non-hydrogen) atoms. The Labute approximate surface area is 176 Å². The van der Waals surface area contributed by atoms with Gasteiger partial charge in [-0.3, -0.25) is 14.6 Å². The van der Waals surface area contributed by atoms with Gasteiger partial charge in [0.2, 0.25) is 5.91 Å². The molecule has 0 spiro atoms. The fourth-order valence-corrected chi connectivity index (χ4v) is 4.95. The average Bonchev–Trinajstić information content (AvgIpc) is 3.33. The molecule has 1 aliphatic rings. The van der Waals surface area contributed by atoms with E-state index in [1.54, 1.807) is 11.8 Å². The first-order valence-corrected chi connectivity index (χ1v) is 11.0. The maximum atomic E-state index is 12.3. The van der Waals surface area contributed by atoms with Gasteiger partial charge in [-0.2, -0.15) is 0 Å². The van der Waals surface area contributed by atoms with Gasteiger partial charge < -0.3 is 0 Å². The minimum Gasteiger partial charge on any atom is -0.290 e. The number of rotatable bonds is 5. The summed E-state index contributed by atoms with van der Waals surface area (Å²) >= 11 is 1.54. The summed E-state index contributed by atoms with van der Waals surface area (Å²) < 4.78 is 0. The number of hydrogen-bond acceptors (Lipinski definition) is 4. The minimum atomic E-state index is -0.0198. The molecule has 1 fully saturated rings. The maximum Gasteiger partial charge on any atom is 0.230 e. The van der Waals surface area contributed by atoms with E-state index in [0.29, 0.717) is 6.04 Å². The molecule has 1 amide bonds. The summed E-state index contributed by atoms with van der Waals surface area (Å²) in [6.45, 7) is 7.69. The zero-order valence-corrected chi connectivity index (χ0v) is 18.1. The van der Waals surface area contributed by atoms with Gasteiger partial charge in [-0.1, -0.05) is 47.5 Å². The highest BCUT2D eigenvalue weighted by molar-refractivity contribution is 7.14. The molecule has 3 aromatic rings. The van der Waals surface area contributed by atoms with Crippen LogP contribution in [0.5, 0.6) is 0 Å². The van der Waals surface area contributed by atoms with Gasteiger partial charge in [-0.05, 0) is 50.9 Å². The highest BCUT2D eigenvalue weighted by Crippen LogP contribution is 2.35. The van der Waals surface area contributed by atoms with E-state index >= 15 is 0 Å². The Hall–Kier alpha value is -2.50. The number of thiazole rings is 1. The first kappa shape index (κ1) is 19.8. The summed E-state index contributed by atoms with van der Waals surface area (Å²) in [7, 11) is 0. The van der Waals surface area contributed by atoms with Crippen molar-refractivity contribution >= 4 is 28.1 Å². The Morgan fingerprint density at radius 2 is 1.97 bits per heavy atom. The molecule has 1 aromatic heterocycles. The van der Waals surface area contributed by atoms with Crippen LogP contribution in [0.25, 0.3) is 0 Å². The van der Waals surface area contributed by atoms with Gasteiger partial charge in [0.15, 0.2) is 5.13 Å². The molecule has 4 rings (SSSR count). The van der Waals surface area contributed by atoms with Gasteiger partial charge in [0.1, 0.15) is 0 Å². The Kier molecular flexibility index (Phi) is 5.79. The largest absolute Gasteiger partial charge is 0.290 e. The number of nitrogens with zero attached hydrogens (tertiary/aromatic N) is 3. The van der Waals surface area contributed by atoms with Crippen molar-refractivity contribution in [1.29, 1.82) is 0 Å². The first-order chi connectivity index (χ1) is 14.0. The number of benzene rings is 2. The van der Waals surface area contributed by atoms with E-state index in [-0.39, 0.29) is 5.91 Å². The predicted octanol–water partition coefficient (Wildman–Crippen LogP) is 5.78. The van der Waals surface area contributed by atoms with Crippen LogP contribution in [0.2, 0.25) is 0 Å². The van der Waals surface area contributed by atoms with Crippen molar-refractivity contribution in [1.82, 2.24) is 9.88 Å². The van der Waals surface area contributed by atoms with E-state index in [0.717, 1.165) is 29.6 Å². The minimum absolute atomic E-state index is 0.0198. The second-order valence-electron chi connectivity index (χ2n) is 7.85. The number of anilines is 2. The van der Waals surface area contributed by atoms with Crippen LogP contribution in [-0.4, -0.2) is 22.3 Å². The number of hydrogen-bond donors (Lipinski definition) is 0. The number of likely N-dealkylation sites (tertiary alicyclic amines) is 1. The molecule has 0 bridgehead atoms. The zero-order chi connectivity index (χ0) is 20.4.